The predicted molar refractivity (Wildman–Crippen MR) is 84.9 cm³/mol. The number of methoxy groups -OCH3 is 1. The Morgan fingerprint density at radius 2 is 2.21 bits per heavy atom. The van der Waals surface area contributed by atoms with E-state index < -0.39 is 0 Å². The van der Waals surface area contributed by atoms with Crippen LogP contribution in [0.4, 0.5) is 0 Å². The SMILES string of the molecule is COc1nc2c(cc1C(=O)N1CCC[C@@H]1c1nonc1C)CCC2. The topological polar surface area (TPSA) is 81.4 Å². The quantitative estimate of drug-likeness (QED) is 0.859. The van der Waals surface area contributed by atoms with Crippen LogP contribution in [0.2, 0.25) is 0 Å². The van der Waals surface area contributed by atoms with Crippen LogP contribution in [0.3, 0.4) is 0 Å². The Morgan fingerprint density at radius 1 is 1.33 bits per heavy atom. The highest BCUT2D eigenvalue weighted by atomic mass is 16.6. The third kappa shape index (κ3) is 2.35. The first-order valence-corrected chi connectivity index (χ1v) is 8.36. The second-order valence-corrected chi connectivity index (χ2v) is 6.40. The van der Waals surface area contributed by atoms with E-state index in [-0.39, 0.29) is 11.9 Å². The molecule has 2 aliphatic rings. The van der Waals surface area contributed by atoms with Crippen LogP contribution in [0.5, 0.6) is 5.88 Å². The van der Waals surface area contributed by atoms with Crippen LogP contribution in [-0.2, 0) is 12.8 Å². The van der Waals surface area contributed by atoms with Crippen LogP contribution in [0, 0.1) is 6.92 Å². The molecule has 7 heteroatoms. The third-order valence-corrected chi connectivity index (χ3v) is 4.96. The van der Waals surface area contributed by atoms with Crippen molar-refractivity contribution in [3.05, 3.63) is 34.3 Å². The van der Waals surface area contributed by atoms with Gasteiger partial charge in [-0.1, -0.05) is 10.3 Å². The smallest absolute Gasteiger partial charge is 0.259 e. The zero-order valence-electron chi connectivity index (χ0n) is 13.9. The lowest BCUT2D eigenvalue weighted by Crippen LogP contribution is -2.31. The molecule has 126 valence electrons. The highest BCUT2D eigenvalue weighted by Gasteiger charge is 2.35. The van der Waals surface area contributed by atoms with Crippen molar-refractivity contribution in [3.63, 3.8) is 0 Å². The molecule has 0 aromatic carbocycles. The average Bonchev–Trinajstić information content (AvgIpc) is 3.32. The molecule has 1 aliphatic heterocycles. The lowest BCUT2D eigenvalue weighted by Gasteiger charge is -2.24. The molecule has 24 heavy (non-hydrogen) atoms. The van der Waals surface area contributed by atoms with E-state index in [1.54, 1.807) is 7.11 Å². The van der Waals surface area contributed by atoms with E-state index in [0.717, 1.165) is 54.7 Å². The first-order valence-electron chi connectivity index (χ1n) is 8.36. The monoisotopic (exact) mass is 328 g/mol. The summed E-state index contributed by atoms with van der Waals surface area (Å²) in [6, 6.07) is 1.86. The van der Waals surface area contributed by atoms with Gasteiger partial charge in [0, 0.05) is 12.2 Å². The molecule has 0 saturated carbocycles. The molecule has 3 heterocycles. The fourth-order valence-electron chi connectivity index (χ4n) is 3.75. The minimum Gasteiger partial charge on any atom is -0.480 e. The summed E-state index contributed by atoms with van der Waals surface area (Å²) in [5, 5.41) is 7.85. The number of nitrogens with zero attached hydrogens (tertiary/aromatic N) is 4. The number of aromatic nitrogens is 3. The summed E-state index contributed by atoms with van der Waals surface area (Å²) in [5.74, 6) is 0.361. The van der Waals surface area contributed by atoms with Gasteiger partial charge in [-0.2, -0.15) is 0 Å². The summed E-state index contributed by atoms with van der Waals surface area (Å²) in [7, 11) is 1.56. The summed E-state index contributed by atoms with van der Waals surface area (Å²) in [6.07, 6.45) is 4.81. The highest BCUT2D eigenvalue weighted by Crippen LogP contribution is 2.35. The first-order chi connectivity index (χ1) is 11.7. The van der Waals surface area contributed by atoms with Crippen molar-refractivity contribution in [3.8, 4) is 5.88 Å². The minimum absolute atomic E-state index is 0.0565. The number of hydrogen-bond donors (Lipinski definition) is 0. The van der Waals surface area contributed by atoms with Gasteiger partial charge in [0.05, 0.1) is 13.2 Å². The van der Waals surface area contributed by atoms with Crippen molar-refractivity contribution in [2.45, 2.75) is 45.1 Å². The molecule has 0 N–H and O–H groups in total. The molecule has 7 nitrogen and oxygen atoms in total. The van der Waals surface area contributed by atoms with Crippen LogP contribution >= 0.6 is 0 Å². The van der Waals surface area contributed by atoms with E-state index in [0.29, 0.717) is 18.0 Å². The van der Waals surface area contributed by atoms with Gasteiger partial charge in [-0.15, -0.1) is 0 Å². The van der Waals surface area contributed by atoms with Gasteiger partial charge in [-0.3, -0.25) is 4.79 Å². The normalized spacial score (nSPS) is 19.6. The number of hydrogen-bond acceptors (Lipinski definition) is 6. The number of likely N-dealkylation sites (tertiary alicyclic amines) is 1. The molecule has 1 atom stereocenters. The van der Waals surface area contributed by atoms with Crippen molar-refractivity contribution >= 4 is 5.91 Å². The van der Waals surface area contributed by atoms with E-state index >= 15 is 0 Å². The molecular weight excluding hydrogens is 308 g/mol. The van der Waals surface area contributed by atoms with Crippen molar-refractivity contribution in [2.75, 3.05) is 13.7 Å². The Bertz CT molecular complexity index is 786. The van der Waals surface area contributed by atoms with E-state index in [9.17, 15) is 4.79 Å². The number of carbonyl (C=O) groups excluding carboxylic acids is 1. The Hall–Kier alpha value is -2.44. The van der Waals surface area contributed by atoms with Gasteiger partial charge in [0.25, 0.3) is 5.91 Å². The lowest BCUT2D eigenvalue weighted by atomic mass is 10.1. The molecule has 4 rings (SSSR count). The van der Waals surface area contributed by atoms with Crippen molar-refractivity contribution in [1.29, 1.82) is 0 Å². The van der Waals surface area contributed by atoms with Crippen LogP contribution in [0.15, 0.2) is 10.7 Å². The molecule has 0 radical (unpaired) electrons. The van der Waals surface area contributed by atoms with Crippen LogP contribution in [0.25, 0.3) is 0 Å². The molecule has 2 aromatic heterocycles. The van der Waals surface area contributed by atoms with Crippen molar-refractivity contribution in [1.82, 2.24) is 20.2 Å². The van der Waals surface area contributed by atoms with E-state index in [4.69, 9.17) is 9.37 Å². The molecule has 1 aliphatic carbocycles. The van der Waals surface area contributed by atoms with Crippen molar-refractivity contribution in [2.24, 2.45) is 0 Å². The lowest BCUT2D eigenvalue weighted by molar-refractivity contribution is 0.0726. The number of fused-ring (bicyclic) bond motifs is 1. The maximum Gasteiger partial charge on any atom is 0.259 e. The van der Waals surface area contributed by atoms with Crippen LogP contribution in [0.1, 0.15) is 58.3 Å². The summed E-state index contributed by atoms with van der Waals surface area (Å²) < 4.78 is 10.2. The summed E-state index contributed by atoms with van der Waals surface area (Å²) in [5.41, 5.74) is 4.24. The van der Waals surface area contributed by atoms with Crippen LogP contribution in [-0.4, -0.2) is 39.8 Å². The fraction of sp³-hybridized carbons (Fsp3) is 0.529. The van der Waals surface area contributed by atoms with Gasteiger partial charge >= 0.3 is 0 Å². The molecule has 1 saturated heterocycles. The van der Waals surface area contributed by atoms with Gasteiger partial charge in [-0.05, 0) is 50.7 Å². The maximum absolute atomic E-state index is 13.2. The molecule has 0 bridgehead atoms. The number of carbonyl (C=O) groups is 1. The Balaban J connectivity index is 1.69. The predicted octanol–water partition coefficient (Wildman–Crippen LogP) is 2.25. The highest BCUT2D eigenvalue weighted by molar-refractivity contribution is 5.97. The van der Waals surface area contributed by atoms with E-state index in [2.05, 4.69) is 15.3 Å². The molecule has 1 amide bonds. The zero-order valence-corrected chi connectivity index (χ0v) is 13.9. The number of rotatable bonds is 3. The second kappa shape index (κ2) is 5.89. The largest absolute Gasteiger partial charge is 0.480 e. The van der Waals surface area contributed by atoms with Crippen LogP contribution < -0.4 is 4.74 Å². The Morgan fingerprint density at radius 3 is 2.96 bits per heavy atom. The molecular formula is C17H20N4O3. The molecule has 0 unspecified atom stereocenters. The summed E-state index contributed by atoms with van der Waals surface area (Å²) in [4.78, 5) is 19.6. The van der Waals surface area contributed by atoms with Gasteiger partial charge in [0.2, 0.25) is 5.88 Å². The zero-order chi connectivity index (χ0) is 16.7. The van der Waals surface area contributed by atoms with Gasteiger partial charge in [0.15, 0.2) is 0 Å². The average molecular weight is 328 g/mol. The number of aryl methyl sites for hydroxylation is 3. The van der Waals surface area contributed by atoms with Gasteiger partial charge < -0.3 is 9.64 Å². The maximum atomic E-state index is 13.2. The molecule has 1 fully saturated rings. The first kappa shape index (κ1) is 15.1. The second-order valence-electron chi connectivity index (χ2n) is 6.40. The molecule has 2 aromatic rings. The van der Waals surface area contributed by atoms with E-state index in [1.807, 2.05) is 17.9 Å². The fourth-order valence-corrected chi connectivity index (χ4v) is 3.75. The minimum atomic E-state index is -0.0956. The summed E-state index contributed by atoms with van der Waals surface area (Å²) in [6.45, 7) is 2.54. The third-order valence-electron chi connectivity index (χ3n) is 4.96. The van der Waals surface area contributed by atoms with Gasteiger partial charge in [-0.25, -0.2) is 9.61 Å². The Kier molecular flexibility index (Phi) is 3.70. The van der Waals surface area contributed by atoms with Gasteiger partial charge in [0.1, 0.15) is 17.0 Å². The number of amides is 1. The van der Waals surface area contributed by atoms with E-state index in [1.165, 1.54) is 0 Å². The number of ether oxygens (including phenoxy) is 1. The van der Waals surface area contributed by atoms with Crippen molar-refractivity contribution < 1.29 is 14.2 Å². The summed E-state index contributed by atoms with van der Waals surface area (Å²) >= 11 is 0. The Labute approximate surface area is 140 Å². The standard InChI is InChI=1S/C17H20N4O3/c1-10-15(20-24-19-10)14-7-4-8-21(14)17(22)12-9-11-5-3-6-13(11)18-16(12)23-2/h9,14H,3-8H2,1-2H3/t14-/m1/s1. The number of pyridine rings is 1. The molecule has 0 spiro atoms.